The maximum Gasteiger partial charge on any atom is 0.306 e. The van der Waals surface area contributed by atoms with E-state index < -0.39 is 6.10 Å². The normalized spacial score (nSPS) is 12.5. The number of carbonyl (C=O) groups excluding carboxylic acids is 2. The molecular formula is C53H96O5. The Labute approximate surface area is 361 Å². The van der Waals surface area contributed by atoms with E-state index in [1.165, 1.54) is 161 Å². The van der Waals surface area contributed by atoms with Crippen molar-refractivity contribution in [2.75, 3.05) is 19.8 Å². The maximum absolute atomic E-state index is 12.7. The quantitative estimate of drug-likeness (QED) is 0.0348. The second-order valence-electron chi connectivity index (χ2n) is 16.7. The van der Waals surface area contributed by atoms with Gasteiger partial charge < -0.3 is 14.2 Å². The molecule has 5 nitrogen and oxygen atoms in total. The van der Waals surface area contributed by atoms with Gasteiger partial charge in [-0.3, -0.25) is 9.59 Å². The fourth-order valence-corrected chi connectivity index (χ4v) is 7.05. The molecule has 0 spiro atoms. The Morgan fingerprint density at radius 1 is 0.379 bits per heavy atom. The van der Waals surface area contributed by atoms with E-state index in [-0.39, 0.29) is 25.2 Å². The highest BCUT2D eigenvalue weighted by Crippen LogP contribution is 2.14. The van der Waals surface area contributed by atoms with E-state index in [1.807, 2.05) is 0 Å². The fourth-order valence-electron chi connectivity index (χ4n) is 7.05. The molecule has 1 atom stereocenters. The van der Waals surface area contributed by atoms with Crippen LogP contribution in [0.1, 0.15) is 252 Å². The molecule has 5 heteroatoms. The second kappa shape index (κ2) is 49.2. The number of ether oxygens (including phenoxy) is 3. The molecule has 0 radical (unpaired) electrons. The Bertz CT molecular complexity index is 966. The third-order valence-electron chi connectivity index (χ3n) is 10.8. The zero-order valence-corrected chi connectivity index (χ0v) is 38.8. The summed E-state index contributed by atoms with van der Waals surface area (Å²) >= 11 is 0. The lowest BCUT2D eigenvalue weighted by Crippen LogP contribution is -2.30. The van der Waals surface area contributed by atoms with Crippen LogP contribution in [0, 0.1) is 0 Å². The van der Waals surface area contributed by atoms with Gasteiger partial charge in [-0.25, -0.2) is 0 Å². The Balaban J connectivity index is 4.24. The number of unbranched alkanes of at least 4 members (excludes halogenated alkanes) is 27. The molecular weight excluding hydrogens is 717 g/mol. The average Bonchev–Trinajstić information content (AvgIpc) is 3.22. The highest BCUT2D eigenvalue weighted by atomic mass is 16.6. The molecule has 0 fully saturated rings. The highest BCUT2D eigenvalue weighted by Gasteiger charge is 2.17. The van der Waals surface area contributed by atoms with Gasteiger partial charge in [-0.15, -0.1) is 0 Å². The summed E-state index contributed by atoms with van der Waals surface area (Å²) in [5.41, 5.74) is 0. The van der Waals surface area contributed by atoms with Crippen molar-refractivity contribution in [1.82, 2.24) is 0 Å². The van der Waals surface area contributed by atoms with Crippen molar-refractivity contribution in [3.8, 4) is 0 Å². The summed E-state index contributed by atoms with van der Waals surface area (Å²) in [7, 11) is 0. The van der Waals surface area contributed by atoms with Gasteiger partial charge in [0.15, 0.2) is 6.10 Å². The molecule has 0 N–H and O–H groups in total. The number of allylic oxidation sites excluding steroid dienone is 8. The van der Waals surface area contributed by atoms with E-state index in [0.717, 1.165) is 57.8 Å². The van der Waals surface area contributed by atoms with Crippen molar-refractivity contribution in [3.05, 3.63) is 48.6 Å². The summed E-state index contributed by atoms with van der Waals surface area (Å²) in [5, 5.41) is 0. The molecule has 0 aromatic carbocycles. The van der Waals surface area contributed by atoms with Crippen molar-refractivity contribution in [2.45, 2.75) is 258 Å². The van der Waals surface area contributed by atoms with Crippen LogP contribution in [0.15, 0.2) is 48.6 Å². The van der Waals surface area contributed by atoms with Crippen LogP contribution in [0.2, 0.25) is 0 Å². The van der Waals surface area contributed by atoms with E-state index in [9.17, 15) is 9.59 Å². The first-order valence-corrected chi connectivity index (χ1v) is 25.2. The predicted molar refractivity (Wildman–Crippen MR) is 251 cm³/mol. The zero-order chi connectivity index (χ0) is 42.1. The standard InChI is InChI=1S/C53H96O5/c1-4-7-10-13-16-19-22-24-26-27-28-29-32-34-37-40-43-46-52(54)57-50-51(58-53(55)47-44-41-38-35-31-21-18-15-12-9-6-3)49-56-48-45-42-39-36-33-30-25-23-20-17-14-11-8-5-2/h11,14,16,19-20,23-24,26,51H,4-10,12-13,15,17-18,21-22,25,27-50H2,1-3H3/b14-11-,19-16-,23-20-,26-24-. The average molecular weight is 813 g/mol. The van der Waals surface area contributed by atoms with Crippen LogP contribution in [-0.2, 0) is 23.8 Å². The monoisotopic (exact) mass is 813 g/mol. The lowest BCUT2D eigenvalue weighted by molar-refractivity contribution is -0.163. The van der Waals surface area contributed by atoms with Crippen LogP contribution < -0.4 is 0 Å². The minimum Gasteiger partial charge on any atom is -0.462 e. The van der Waals surface area contributed by atoms with Crippen molar-refractivity contribution >= 4 is 11.9 Å². The summed E-state index contributed by atoms with van der Waals surface area (Å²) in [4.78, 5) is 25.3. The molecule has 0 aromatic rings. The van der Waals surface area contributed by atoms with Crippen molar-refractivity contribution < 1.29 is 23.8 Å². The molecule has 0 heterocycles. The number of rotatable bonds is 46. The summed E-state index contributed by atoms with van der Waals surface area (Å²) in [6.45, 7) is 7.73. The Morgan fingerprint density at radius 2 is 0.759 bits per heavy atom. The molecule has 0 aromatic heterocycles. The van der Waals surface area contributed by atoms with Crippen LogP contribution >= 0.6 is 0 Å². The van der Waals surface area contributed by atoms with E-state index in [4.69, 9.17) is 14.2 Å². The Kier molecular flexibility index (Phi) is 47.4. The highest BCUT2D eigenvalue weighted by molar-refractivity contribution is 5.70. The lowest BCUT2D eigenvalue weighted by atomic mass is 10.1. The minimum absolute atomic E-state index is 0.0794. The van der Waals surface area contributed by atoms with Gasteiger partial charge >= 0.3 is 11.9 Å². The van der Waals surface area contributed by atoms with E-state index in [2.05, 4.69) is 69.4 Å². The smallest absolute Gasteiger partial charge is 0.306 e. The van der Waals surface area contributed by atoms with Gasteiger partial charge in [0.2, 0.25) is 0 Å². The molecule has 0 bridgehead atoms. The third kappa shape index (κ3) is 46.5. The lowest BCUT2D eigenvalue weighted by Gasteiger charge is -2.18. The molecule has 0 aliphatic heterocycles. The molecule has 0 saturated heterocycles. The molecule has 0 rings (SSSR count). The number of hydrogen-bond acceptors (Lipinski definition) is 5. The van der Waals surface area contributed by atoms with E-state index in [1.54, 1.807) is 0 Å². The summed E-state index contributed by atoms with van der Waals surface area (Å²) in [6.07, 6.45) is 59.7. The summed E-state index contributed by atoms with van der Waals surface area (Å²) in [5.74, 6) is -0.405. The number of hydrogen-bond donors (Lipinski definition) is 0. The second-order valence-corrected chi connectivity index (χ2v) is 16.7. The van der Waals surface area contributed by atoms with Gasteiger partial charge in [-0.1, -0.05) is 211 Å². The summed E-state index contributed by atoms with van der Waals surface area (Å²) in [6, 6.07) is 0. The Hall–Kier alpha value is -2.14. The van der Waals surface area contributed by atoms with Crippen molar-refractivity contribution in [2.24, 2.45) is 0 Å². The van der Waals surface area contributed by atoms with Crippen molar-refractivity contribution in [1.29, 1.82) is 0 Å². The molecule has 1 unspecified atom stereocenters. The van der Waals surface area contributed by atoms with Crippen LogP contribution in [-0.4, -0.2) is 37.9 Å². The first-order valence-electron chi connectivity index (χ1n) is 25.2. The van der Waals surface area contributed by atoms with Crippen LogP contribution in [0.25, 0.3) is 0 Å². The van der Waals surface area contributed by atoms with Crippen LogP contribution in [0.4, 0.5) is 0 Å². The molecule has 0 aliphatic carbocycles. The minimum atomic E-state index is -0.541. The van der Waals surface area contributed by atoms with Gasteiger partial charge in [-0.2, -0.15) is 0 Å². The van der Waals surface area contributed by atoms with Gasteiger partial charge in [-0.05, 0) is 77.0 Å². The molecule has 0 saturated carbocycles. The zero-order valence-electron chi connectivity index (χ0n) is 38.8. The van der Waals surface area contributed by atoms with Gasteiger partial charge in [0, 0.05) is 19.4 Å². The number of esters is 2. The number of carbonyl (C=O) groups is 2. The molecule has 0 amide bonds. The topological polar surface area (TPSA) is 61.8 Å². The van der Waals surface area contributed by atoms with Gasteiger partial charge in [0.1, 0.15) is 6.61 Å². The van der Waals surface area contributed by atoms with Gasteiger partial charge in [0.25, 0.3) is 0 Å². The van der Waals surface area contributed by atoms with Crippen LogP contribution in [0.5, 0.6) is 0 Å². The van der Waals surface area contributed by atoms with Gasteiger partial charge in [0.05, 0.1) is 6.61 Å². The van der Waals surface area contributed by atoms with E-state index in [0.29, 0.717) is 19.4 Å². The fraction of sp³-hybridized carbons (Fsp3) is 0.811. The first kappa shape index (κ1) is 55.9. The molecule has 0 aliphatic rings. The largest absolute Gasteiger partial charge is 0.462 e. The Morgan fingerprint density at radius 3 is 1.24 bits per heavy atom. The molecule has 58 heavy (non-hydrogen) atoms. The predicted octanol–water partition coefficient (Wildman–Crippen LogP) is 16.8. The van der Waals surface area contributed by atoms with E-state index >= 15 is 0 Å². The molecule has 338 valence electrons. The maximum atomic E-state index is 12.7. The van der Waals surface area contributed by atoms with Crippen LogP contribution in [0.3, 0.4) is 0 Å². The van der Waals surface area contributed by atoms with Crippen molar-refractivity contribution in [3.63, 3.8) is 0 Å². The summed E-state index contributed by atoms with van der Waals surface area (Å²) < 4.78 is 17.4. The SMILES string of the molecule is CCC/C=C\C/C=C\CCCCCCCCOCC(COC(=O)CCCCCCCCC/C=C\C/C=C\CCCCC)OC(=O)CCCCCCCCCCCCC. The first-order chi connectivity index (χ1) is 28.6. The third-order valence-corrected chi connectivity index (χ3v) is 10.8.